The average molecular weight is 461 g/mol. The highest BCUT2D eigenvalue weighted by molar-refractivity contribution is 7.89. The number of nitrogens with zero attached hydrogens (tertiary/aromatic N) is 4. The maximum atomic E-state index is 11.3. The third-order valence-corrected chi connectivity index (χ3v) is 6.91. The monoisotopic (exact) mass is 460 g/mol. The number of anilines is 1. The number of benzene rings is 1. The van der Waals surface area contributed by atoms with Crippen molar-refractivity contribution in [1.82, 2.24) is 19.5 Å². The number of rotatable bonds is 6. The Morgan fingerprint density at radius 2 is 2.00 bits per heavy atom. The average Bonchev–Trinajstić information content (AvgIpc) is 3.44. The summed E-state index contributed by atoms with van der Waals surface area (Å²) in [5, 5.41) is 29.4. The van der Waals surface area contributed by atoms with Gasteiger partial charge in [-0.25, -0.2) is 28.5 Å². The molecule has 3 aromatic rings. The van der Waals surface area contributed by atoms with Gasteiger partial charge in [0, 0.05) is 0 Å². The molecule has 0 unspecified atom stereocenters. The zero-order chi connectivity index (χ0) is 22.5. The van der Waals surface area contributed by atoms with Crippen LogP contribution in [0, 0.1) is 0 Å². The summed E-state index contributed by atoms with van der Waals surface area (Å²) in [6.07, 6.45) is 0.332. The molecule has 3 heterocycles. The zero-order valence-electron chi connectivity index (χ0n) is 17.1. The first kappa shape index (κ1) is 21.2. The number of nitrogens with two attached hydrogens (primary N) is 1. The lowest BCUT2D eigenvalue weighted by Crippen LogP contribution is -2.33. The minimum Gasteiger partial charge on any atom is -0.388 e. The number of fused-ring (bicyclic) bond motifs is 2. The van der Waals surface area contributed by atoms with Gasteiger partial charge in [0.1, 0.15) is 18.5 Å². The smallest absolute Gasteiger partial charge is 0.209 e. The second-order valence-electron chi connectivity index (χ2n) is 8.18. The lowest BCUT2D eigenvalue weighted by Gasteiger charge is -2.17. The van der Waals surface area contributed by atoms with Crippen LogP contribution in [0.1, 0.15) is 36.2 Å². The Kier molecular flexibility index (Phi) is 5.34. The van der Waals surface area contributed by atoms with Crippen molar-refractivity contribution in [2.75, 3.05) is 11.1 Å². The van der Waals surface area contributed by atoms with Crippen LogP contribution in [0.5, 0.6) is 0 Å². The van der Waals surface area contributed by atoms with Crippen LogP contribution < -0.4 is 10.5 Å². The predicted octanol–water partition coefficient (Wildman–Crippen LogP) is 0.223. The first-order valence-electron chi connectivity index (χ1n) is 10.4. The fourth-order valence-corrected chi connectivity index (χ4v) is 5.05. The van der Waals surface area contributed by atoms with Gasteiger partial charge in [-0.05, 0) is 30.4 Å². The molecule has 0 saturated carbocycles. The summed E-state index contributed by atoms with van der Waals surface area (Å²) in [4.78, 5) is 13.1. The number of sulfonamides is 1. The Labute approximate surface area is 184 Å². The predicted molar refractivity (Wildman–Crippen MR) is 115 cm³/mol. The van der Waals surface area contributed by atoms with Crippen molar-refractivity contribution in [1.29, 1.82) is 0 Å². The molecular weight excluding hydrogens is 436 g/mol. The van der Waals surface area contributed by atoms with Crippen LogP contribution >= 0.6 is 0 Å². The Morgan fingerprint density at radius 1 is 1.19 bits per heavy atom. The van der Waals surface area contributed by atoms with E-state index in [1.54, 1.807) is 0 Å². The number of aliphatic hydroxyl groups is 2. The van der Waals surface area contributed by atoms with Crippen LogP contribution in [0.25, 0.3) is 11.2 Å². The number of primary sulfonamides is 1. The lowest BCUT2D eigenvalue weighted by molar-refractivity contribution is -0.0353. The molecule has 0 bridgehead atoms. The van der Waals surface area contributed by atoms with E-state index < -0.39 is 34.6 Å². The van der Waals surface area contributed by atoms with E-state index in [2.05, 4.69) is 32.4 Å². The normalized spacial score (nSPS) is 27.7. The highest BCUT2D eigenvalue weighted by atomic mass is 32.2. The van der Waals surface area contributed by atoms with E-state index in [-0.39, 0.29) is 18.2 Å². The molecule has 0 spiro atoms. The topological polar surface area (TPSA) is 165 Å². The molecule has 170 valence electrons. The van der Waals surface area contributed by atoms with Gasteiger partial charge >= 0.3 is 0 Å². The zero-order valence-corrected chi connectivity index (χ0v) is 17.9. The molecule has 0 radical (unpaired) electrons. The van der Waals surface area contributed by atoms with Gasteiger partial charge in [-0.2, -0.15) is 0 Å². The maximum absolute atomic E-state index is 11.3. The first-order chi connectivity index (χ1) is 15.3. The van der Waals surface area contributed by atoms with E-state index in [0.29, 0.717) is 17.0 Å². The Morgan fingerprint density at radius 3 is 2.81 bits per heavy atom. The number of hydrogen-bond donors (Lipinski definition) is 4. The van der Waals surface area contributed by atoms with Crippen LogP contribution in [-0.4, -0.2) is 62.2 Å². The van der Waals surface area contributed by atoms with E-state index in [9.17, 15) is 18.6 Å². The fourth-order valence-electron chi connectivity index (χ4n) is 4.49. The minimum absolute atomic E-state index is 0.0386. The van der Waals surface area contributed by atoms with Gasteiger partial charge in [-0.15, -0.1) is 0 Å². The van der Waals surface area contributed by atoms with E-state index in [1.165, 1.54) is 28.3 Å². The molecule has 5 rings (SSSR count). The number of imidazole rings is 1. The first-order valence-corrected chi connectivity index (χ1v) is 12.1. The molecule has 2 aliphatic rings. The lowest BCUT2D eigenvalue weighted by atomic mass is 10.1. The summed E-state index contributed by atoms with van der Waals surface area (Å²) in [5.74, 6) is 0.201. The molecule has 1 saturated heterocycles. The van der Waals surface area contributed by atoms with Crippen molar-refractivity contribution in [2.45, 2.75) is 49.8 Å². The Bertz CT molecular complexity index is 1250. The third kappa shape index (κ3) is 3.84. The molecule has 12 heteroatoms. The van der Waals surface area contributed by atoms with E-state index in [4.69, 9.17) is 9.88 Å². The summed E-state index contributed by atoms with van der Waals surface area (Å²) < 4.78 is 29.8. The largest absolute Gasteiger partial charge is 0.388 e. The molecular formula is C20H24N6O5S. The van der Waals surface area contributed by atoms with Gasteiger partial charge in [-0.1, -0.05) is 24.3 Å². The minimum atomic E-state index is -3.72. The van der Waals surface area contributed by atoms with Gasteiger partial charge < -0.3 is 20.3 Å². The van der Waals surface area contributed by atoms with Gasteiger partial charge in [0.05, 0.1) is 24.2 Å². The second-order valence-corrected chi connectivity index (χ2v) is 9.92. The van der Waals surface area contributed by atoms with Crippen LogP contribution in [0.2, 0.25) is 0 Å². The van der Waals surface area contributed by atoms with Crippen molar-refractivity contribution in [3.8, 4) is 0 Å². The molecule has 5 atom stereocenters. The van der Waals surface area contributed by atoms with Crippen molar-refractivity contribution in [2.24, 2.45) is 5.14 Å². The highest BCUT2D eigenvalue weighted by Crippen LogP contribution is 2.36. The summed E-state index contributed by atoms with van der Waals surface area (Å²) in [6, 6.07) is 8.37. The summed E-state index contributed by atoms with van der Waals surface area (Å²) in [6.45, 7) is 0. The molecule has 2 aromatic heterocycles. The number of aliphatic hydroxyl groups excluding tert-OH is 2. The van der Waals surface area contributed by atoms with E-state index in [0.717, 1.165) is 12.8 Å². The van der Waals surface area contributed by atoms with Gasteiger partial charge in [0.15, 0.2) is 23.2 Å². The number of aromatic nitrogens is 4. The molecule has 5 N–H and O–H groups in total. The number of nitrogens with one attached hydrogen (secondary N) is 1. The van der Waals surface area contributed by atoms with Crippen LogP contribution in [0.4, 0.5) is 5.82 Å². The number of hydrogen-bond acceptors (Lipinski definition) is 9. The van der Waals surface area contributed by atoms with Crippen LogP contribution in [0.3, 0.4) is 0 Å². The number of aryl methyl sites for hydroxylation is 1. The molecule has 1 aromatic carbocycles. The van der Waals surface area contributed by atoms with Gasteiger partial charge in [0.25, 0.3) is 0 Å². The summed E-state index contributed by atoms with van der Waals surface area (Å²) >= 11 is 0. The molecule has 1 aliphatic heterocycles. The van der Waals surface area contributed by atoms with Crippen LogP contribution in [-0.2, 0) is 21.2 Å². The van der Waals surface area contributed by atoms with E-state index >= 15 is 0 Å². The molecule has 32 heavy (non-hydrogen) atoms. The molecule has 11 nitrogen and oxygen atoms in total. The SMILES string of the molecule is NS(=O)(=O)CC[C@H]1O[C@@H](n2cnc3c(N[C@@H]4CCc5ccccc54)ncnc32)[C@H](O)[C@@H]1O. The van der Waals surface area contributed by atoms with Crippen molar-refractivity contribution < 1.29 is 23.4 Å². The van der Waals surface area contributed by atoms with Gasteiger partial charge in [-0.3, -0.25) is 4.57 Å². The van der Waals surface area contributed by atoms with E-state index in [1.807, 2.05) is 12.1 Å². The Balaban J connectivity index is 1.40. The second kappa shape index (κ2) is 8.05. The highest BCUT2D eigenvalue weighted by Gasteiger charge is 2.44. The molecule has 1 aliphatic carbocycles. The van der Waals surface area contributed by atoms with Crippen molar-refractivity contribution >= 4 is 27.0 Å². The quantitative estimate of drug-likeness (QED) is 0.402. The van der Waals surface area contributed by atoms with Gasteiger partial charge in [0.2, 0.25) is 10.0 Å². The Hall–Kier alpha value is -2.64. The summed E-state index contributed by atoms with van der Waals surface area (Å²) in [5.41, 5.74) is 3.48. The summed E-state index contributed by atoms with van der Waals surface area (Å²) in [7, 11) is -3.72. The number of ether oxygens (including phenoxy) is 1. The molecule has 1 fully saturated rings. The fraction of sp³-hybridized carbons (Fsp3) is 0.450. The molecule has 0 amide bonds. The standard InChI is InChI=1S/C20H24N6O5S/c21-32(29,30)8-7-14-16(27)17(28)20(31-14)26-10-24-15-18(22-9-23-19(15)26)25-13-6-5-11-3-1-2-4-12(11)13/h1-4,9-10,13-14,16-17,20,27-28H,5-8H2,(H2,21,29,30)(H,22,23,25)/t13-,14-,16-,17-,20-/m1/s1. The maximum Gasteiger partial charge on any atom is 0.209 e. The van der Waals surface area contributed by atoms with Crippen molar-refractivity contribution in [3.63, 3.8) is 0 Å². The van der Waals surface area contributed by atoms with Crippen molar-refractivity contribution in [3.05, 3.63) is 48.0 Å². The van der Waals surface area contributed by atoms with Crippen LogP contribution in [0.15, 0.2) is 36.9 Å². The third-order valence-electron chi connectivity index (χ3n) is 6.10.